The van der Waals surface area contributed by atoms with E-state index in [1.165, 1.54) is 5.01 Å². The molecule has 0 saturated heterocycles. The average molecular weight is 221 g/mol. The summed E-state index contributed by atoms with van der Waals surface area (Å²) >= 11 is 0. The summed E-state index contributed by atoms with van der Waals surface area (Å²) in [5, 5.41) is 1.32. The lowest BCUT2D eigenvalue weighted by molar-refractivity contribution is -0.131. The Labute approximate surface area is 96.4 Å². The van der Waals surface area contributed by atoms with E-state index in [2.05, 4.69) is 11.9 Å². The summed E-state index contributed by atoms with van der Waals surface area (Å²) in [5.74, 6) is 5.70. The van der Waals surface area contributed by atoms with Gasteiger partial charge in [0.15, 0.2) is 0 Å². The number of rotatable bonds is 6. The Bertz CT molecular complexity index is 313. The smallest absolute Gasteiger partial charge is 0.236 e. The molecule has 1 aromatic heterocycles. The van der Waals surface area contributed by atoms with Gasteiger partial charge in [-0.1, -0.05) is 13.3 Å². The monoisotopic (exact) mass is 221 g/mol. The number of hydrogen-bond acceptors (Lipinski definition) is 3. The molecule has 1 amide bonds. The van der Waals surface area contributed by atoms with Gasteiger partial charge in [-0.15, -0.1) is 0 Å². The van der Waals surface area contributed by atoms with Crippen molar-refractivity contribution in [2.24, 2.45) is 5.84 Å². The van der Waals surface area contributed by atoms with Crippen molar-refractivity contribution in [1.82, 2.24) is 9.99 Å². The summed E-state index contributed by atoms with van der Waals surface area (Å²) < 4.78 is 0. The molecule has 2 N–H and O–H groups in total. The van der Waals surface area contributed by atoms with E-state index in [0.29, 0.717) is 13.0 Å². The van der Waals surface area contributed by atoms with Crippen LogP contribution in [-0.2, 0) is 11.2 Å². The molecule has 0 aliphatic heterocycles. The maximum atomic E-state index is 11.5. The molecule has 0 radical (unpaired) electrons. The fourth-order valence-electron chi connectivity index (χ4n) is 1.40. The molecule has 0 unspecified atom stereocenters. The first kappa shape index (κ1) is 12.6. The van der Waals surface area contributed by atoms with E-state index >= 15 is 0 Å². The zero-order valence-electron chi connectivity index (χ0n) is 9.72. The van der Waals surface area contributed by atoms with Gasteiger partial charge in [-0.05, 0) is 30.5 Å². The lowest BCUT2D eigenvalue weighted by Gasteiger charge is -2.16. The molecule has 4 nitrogen and oxygen atoms in total. The van der Waals surface area contributed by atoms with E-state index < -0.39 is 0 Å². The number of pyridine rings is 1. The highest BCUT2D eigenvalue weighted by Crippen LogP contribution is 2.01. The number of hydrazine groups is 1. The van der Waals surface area contributed by atoms with Crippen LogP contribution in [0.25, 0.3) is 0 Å². The van der Waals surface area contributed by atoms with Crippen LogP contribution in [-0.4, -0.2) is 22.4 Å². The van der Waals surface area contributed by atoms with Crippen LogP contribution in [0.1, 0.15) is 31.7 Å². The van der Waals surface area contributed by atoms with Crippen molar-refractivity contribution in [3.63, 3.8) is 0 Å². The molecule has 4 heteroatoms. The van der Waals surface area contributed by atoms with Crippen LogP contribution in [0.4, 0.5) is 0 Å². The standard InChI is InChI=1S/C12H19N3O/c1-2-3-4-12(16)15(13)10-7-11-5-8-14-9-6-11/h5-6,8-9H,2-4,7,10,13H2,1H3. The number of hydrogen-bond donors (Lipinski definition) is 1. The van der Waals surface area contributed by atoms with Crippen LogP contribution < -0.4 is 5.84 Å². The van der Waals surface area contributed by atoms with Gasteiger partial charge < -0.3 is 0 Å². The average Bonchev–Trinajstić information content (AvgIpc) is 2.34. The molecule has 1 aromatic rings. The van der Waals surface area contributed by atoms with Gasteiger partial charge >= 0.3 is 0 Å². The van der Waals surface area contributed by atoms with Crippen LogP contribution in [0.2, 0.25) is 0 Å². The van der Waals surface area contributed by atoms with Crippen molar-refractivity contribution < 1.29 is 4.79 Å². The summed E-state index contributed by atoms with van der Waals surface area (Å²) in [4.78, 5) is 15.4. The van der Waals surface area contributed by atoms with Gasteiger partial charge in [0.05, 0.1) is 0 Å². The fraction of sp³-hybridized carbons (Fsp3) is 0.500. The second-order valence-electron chi connectivity index (χ2n) is 3.80. The quantitative estimate of drug-likeness (QED) is 0.450. The SMILES string of the molecule is CCCCC(=O)N(N)CCc1ccncc1. The summed E-state index contributed by atoms with van der Waals surface area (Å²) in [7, 11) is 0. The minimum absolute atomic E-state index is 0.0240. The first-order chi connectivity index (χ1) is 7.74. The van der Waals surface area contributed by atoms with E-state index in [9.17, 15) is 4.79 Å². The number of carbonyl (C=O) groups excluding carboxylic acids is 1. The van der Waals surface area contributed by atoms with Gasteiger partial charge in [0, 0.05) is 25.4 Å². The Morgan fingerprint density at radius 3 is 2.75 bits per heavy atom. The zero-order valence-corrected chi connectivity index (χ0v) is 9.72. The Balaban J connectivity index is 2.29. The fourth-order valence-corrected chi connectivity index (χ4v) is 1.40. The summed E-state index contributed by atoms with van der Waals surface area (Å²) in [6.45, 7) is 2.62. The van der Waals surface area contributed by atoms with Crippen molar-refractivity contribution in [3.8, 4) is 0 Å². The predicted octanol–water partition coefficient (Wildman–Crippen LogP) is 1.52. The lowest BCUT2D eigenvalue weighted by Crippen LogP contribution is -2.38. The molecule has 0 aliphatic rings. The predicted molar refractivity (Wildman–Crippen MR) is 63.4 cm³/mol. The maximum absolute atomic E-state index is 11.5. The Hall–Kier alpha value is -1.42. The third-order valence-electron chi connectivity index (χ3n) is 2.46. The van der Waals surface area contributed by atoms with E-state index in [1.807, 2.05) is 12.1 Å². The second-order valence-corrected chi connectivity index (χ2v) is 3.80. The van der Waals surface area contributed by atoms with Crippen molar-refractivity contribution in [3.05, 3.63) is 30.1 Å². The molecule has 0 spiro atoms. The highest BCUT2D eigenvalue weighted by atomic mass is 16.2. The third-order valence-corrected chi connectivity index (χ3v) is 2.46. The van der Waals surface area contributed by atoms with E-state index in [4.69, 9.17) is 5.84 Å². The summed E-state index contributed by atoms with van der Waals surface area (Å²) in [5.41, 5.74) is 1.15. The number of amides is 1. The molecule has 0 aromatic carbocycles. The second kappa shape index (κ2) is 6.95. The molecular weight excluding hydrogens is 202 g/mol. The first-order valence-electron chi connectivity index (χ1n) is 5.68. The van der Waals surface area contributed by atoms with Gasteiger partial charge in [0.2, 0.25) is 5.91 Å². The van der Waals surface area contributed by atoms with Crippen LogP contribution in [0.3, 0.4) is 0 Å². The molecule has 88 valence electrons. The van der Waals surface area contributed by atoms with Gasteiger partial charge in [0.1, 0.15) is 0 Å². The van der Waals surface area contributed by atoms with Crippen LogP contribution in [0, 0.1) is 0 Å². The Morgan fingerprint density at radius 1 is 1.44 bits per heavy atom. The van der Waals surface area contributed by atoms with Crippen molar-refractivity contribution in [1.29, 1.82) is 0 Å². The van der Waals surface area contributed by atoms with E-state index in [1.54, 1.807) is 12.4 Å². The minimum Gasteiger partial charge on any atom is -0.280 e. The molecule has 0 fully saturated rings. The van der Waals surface area contributed by atoms with Crippen LogP contribution in [0.5, 0.6) is 0 Å². The lowest BCUT2D eigenvalue weighted by atomic mass is 10.2. The highest BCUT2D eigenvalue weighted by molar-refractivity contribution is 5.75. The minimum atomic E-state index is 0.0240. The topological polar surface area (TPSA) is 59.2 Å². The highest BCUT2D eigenvalue weighted by Gasteiger charge is 2.08. The van der Waals surface area contributed by atoms with Crippen LogP contribution in [0.15, 0.2) is 24.5 Å². The van der Waals surface area contributed by atoms with Crippen molar-refractivity contribution in [2.75, 3.05) is 6.54 Å². The molecule has 1 heterocycles. The Morgan fingerprint density at radius 2 is 2.12 bits per heavy atom. The number of nitrogens with zero attached hydrogens (tertiary/aromatic N) is 2. The third kappa shape index (κ3) is 4.40. The molecule has 16 heavy (non-hydrogen) atoms. The van der Waals surface area contributed by atoms with Crippen molar-refractivity contribution in [2.45, 2.75) is 32.6 Å². The van der Waals surface area contributed by atoms with E-state index in [0.717, 1.165) is 24.8 Å². The number of nitrogens with two attached hydrogens (primary N) is 1. The molecule has 0 aliphatic carbocycles. The molecule has 1 rings (SSSR count). The molecule has 0 bridgehead atoms. The molecule has 0 saturated carbocycles. The van der Waals surface area contributed by atoms with Gasteiger partial charge in [-0.25, -0.2) is 5.84 Å². The first-order valence-corrected chi connectivity index (χ1v) is 5.68. The van der Waals surface area contributed by atoms with Gasteiger partial charge in [-0.2, -0.15) is 0 Å². The number of unbranched alkanes of at least 4 members (excludes halogenated alkanes) is 1. The maximum Gasteiger partial charge on any atom is 0.236 e. The van der Waals surface area contributed by atoms with Crippen molar-refractivity contribution >= 4 is 5.91 Å². The zero-order chi connectivity index (χ0) is 11.8. The Kier molecular flexibility index (Phi) is 5.50. The van der Waals surface area contributed by atoms with Crippen LogP contribution >= 0.6 is 0 Å². The van der Waals surface area contributed by atoms with Gasteiger partial charge in [0.25, 0.3) is 0 Å². The number of carbonyl (C=O) groups is 1. The largest absolute Gasteiger partial charge is 0.280 e. The summed E-state index contributed by atoms with van der Waals surface area (Å²) in [6, 6.07) is 3.87. The summed E-state index contributed by atoms with van der Waals surface area (Å²) in [6.07, 6.45) is 6.73. The number of aromatic nitrogens is 1. The normalized spacial score (nSPS) is 10.1. The van der Waals surface area contributed by atoms with E-state index in [-0.39, 0.29) is 5.91 Å². The molecular formula is C12H19N3O. The molecule has 0 atom stereocenters. The van der Waals surface area contributed by atoms with Gasteiger partial charge in [-0.3, -0.25) is 14.8 Å².